The van der Waals surface area contributed by atoms with Crippen molar-refractivity contribution in [1.82, 2.24) is 10.6 Å². The molecule has 1 aromatic rings. The molecule has 6 atom stereocenters. The maximum Gasteiger partial charge on any atom is 0.332 e. The van der Waals surface area contributed by atoms with E-state index in [4.69, 9.17) is 14.2 Å². The van der Waals surface area contributed by atoms with Crippen molar-refractivity contribution in [2.45, 2.75) is 160 Å². The molecule has 3 aliphatic heterocycles. The number of carbonyl (C=O) groups excluding carboxylic acids is 3. The van der Waals surface area contributed by atoms with Gasteiger partial charge in [0.05, 0.1) is 12.7 Å². The Hall–Kier alpha value is -2.89. The fraction of sp³-hybridized carbons (Fsp3) is 0.786. The molecule has 2 saturated carbocycles. The van der Waals surface area contributed by atoms with E-state index >= 15 is 4.79 Å². The third kappa shape index (κ3) is 8.67. The monoisotopic (exact) mass is 740 g/mol. The van der Waals surface area contributed by atoms with E-state index in [9.17, 15) is 24.9 Å². The number of aliphatic hydroxyl groups is 2. The van der Waals surface area contributed by atoms with Gasteiger partial charge in [0.1, 0.15) is 17.7 Å². The summed E-state index contributed by atoms with van der Waals surface area (Å²) in [6, 6.07) is 3.67. The number of aromatic hydroxyl groups is 1. The largest absolute Gasteiger partial charge is 0.504 e. The first-order valence-electron chi connectivity index (χ1n) is 20.7. The second kappa shape index (κ2) is 17.3. The van der Waals surface area contributed by atoms with E-state index in [1.54, 1.807) is 13.0 Å². The summed E-state index contributed by atoms with van der Waals surface area (Å²) >= 11 is 0. The van der Waals surface area contributed by atoms with Gasteiger partial charge in [0.2, 0.25) is 5.91 Å². The summed E-state index contributed by atoms with van der Waals surface area (Å²) in [4.78, 5) is 41.9. The van der Waals surface area contributed by atoms with Gasteiger partial charge in [0, 0.05) is 36.3 Å². The number of phenols is 1. The topological polar surface area (TPSA) is 164 Å². The molecule has 2 saturated heterocycles. The Morgan fingerprint density at radius 3 is 2.47 bits per heavy atom. The lowest BCUT2D eigenvalue weighted by Crippen LogP contribution is -2.68. The zero-order valence-corrected chi connectivity index (χ0v) is 32.1. The first-order chi connectivity index (χ1) is 25.5. The van der Waals surface area contributed by atoms with E-state index < -0.39 is 40.7 Å². The highest BCUT2D eigenvalue weighted by molar-refractivity contribution is 5.93. The molecule has 1 aromatic carbocycles. The number of phenolic OH excluding ortho intramolecular Hbond substituents is 1. The number of carbonyl (C=O) groups is 3. The second-order valence-electron chi connectivity index (χ2n) is 17.2. The molecule has 6 rings (SSSR count). The molecule has 2 aliphatic carbocycles. The van der Waals surface area contributed by atoms with Crippen LogP contribution in [0.5, 0.6) is 11.5 Å². The number of fused-ring (bicyclic) bond motifs is 2. The Bertz CT molecular complexity index is 1440. The number of hydrogen-bond acceptors (Lipinski definition) is 10. The van der Waals surface area contributed by atoms with Crippen LogP contribution in [0.15, 0.2) is 12.1 Å². The zero-order chi connectivity index (χ0) is 37.6. The lowest BCUT2D eigenvalue weighted by Gasteiger charge is -2.52. The Balaban J connectivity index is 1.40. The summed E-state index contributed by atoms with van der Waals surface area (Å²) in [5.41, 5.74) is -0.00899. The van der Waals surface area contributed by atoms with Crippen LogP contribution in [-0.4, -0.2) is 83.3 Å². The first kappa shape index (κ1) is 39.8. The minimum Gasteiger partial charge on any atom is -0.504 e. The minimum absolute atomic E-state index is 0.00181. The molecular formula is C42H64N2O9. The molecule has 5 N–H and O–H groups in total. The predicted octanol–water partition coefficient (Wildman–Crippen LogP) is 5.42. The van der Waals surface area contributed by atoms with Gasteiger partial charge in [-0.2, -0.15) is 0 Å². The number of ether oxygens (including phenoxy) is 3. The van der Waals surface area contributed by atoms with Crippen molar-refractivity contribution < 1.29 is 43.9 Å². The minimum atomic E-state index is -1.10. The van der Waals surface area contributed by atoms with Gasteiger partial charge in [0.15, 0.2) is 11.5 Å². The lowest BCUT2D eigenvalue weighted by atomic mass is 9.61. The maximum absolute atomic E-state index is 15.1. The van der Waals surface area contributed by atoms with Gasteiger partial charge in [-0.1, -0.05) is 31.7 Å². The molecular weight excluding hydrogens is 676 g/mol. The zero-order valence-electron chi connectivity index (χ0n) is 32.1. The van der Waals surface area contributed by atoms with Crippen molar-refractivity contribution in [1.29, 1.82) is 0 Å². The molecule has 0 bridgehead atoms. The predicted molar refractivity (Wildman–Crippen MR) is 199 cm³/mol. The molecule has 3 heterocycles. The Labute approximate surface area is 315 Å². The van der Waals surface area contributed by atoms with Gasteiger partial charge in [-0.15, -0.1) is 0 Å². The fourth-order valence-electron chi connectivity index (χ4n) is 10.7. The number of amides is 1. The van der Waals surface area contributed by atoms with Crippen molar-refractivity contribution in [3.8, 4) is 11.5 Å². The molecule has 5 aliphatic rings. The number of hydrogen-bond donors (Lipinski definition) is 5. The van der Waals surface area contributed by atoms with E-state index in [0.29, 0.717) is 83.2 Å². The van der Waals surface area contributed by atoms with Gasteiger partial charge in [-0.25, -0.2) is 4.79 Å². The van der Waals surface area contributed by atoms with Gasteiger partial charge < -0.3 is 40.2 Å². The van der Waals surface area contributed by atoms with Crippen LogP contribution in [0.2, 0.25) is 0 Å². The van der Waals surface area contributed by atoms with Crippen molar-refractivity contribution in [3.05, 3.63) is 23.3 Å². The molecule has 11 heteroatoms. The quantitative estimate of drug-likeness (QED) is 0.147. The molecule has 6 unspecified atom stereocenters. The van der Waals surface area contributed by atoms with Crippen LogP contribution < -0.4 is 15.4 Å². The van der Waals surface area contributed by atoms with Crippen LogP contribution in [0, 0.1) is 22.7 Å². The van der Waals surface area contributed by atoms with Crippen LogP contribution in [0.1, 0.15) is 134 Å². The van der Waals surface area contributed by atoms with Crippen molar-refractivity contribution in [2.75, 3.05) is 26.3 Å². The van der Waals surface area contributed by atoms with Crippen LogP contribution in [0.25, 0.3) is 0 Å². The number of esters is 2. The average Bonchev–Trinajstić information content (AvgIpc) is 3.62. The third-order valence-corrected chi connectivity index (χ3v) is 13.7. The fourth-order valence-corrected chi connectivity index (χ4v) is 10.7. The van der Waals surface area contributed by atoms with E-state index in [2.05, 4.69) is 10.6 Å². The Morgan fingerprint density at radius 2 is 1.75 bits per heavy atom. The van der Waals surface area contributed by atoms with E-state index in [0.717, 1.165) is 68.9 Å². The number of aliphatic hydroxyl groups excluding tert-OH is 2. The van der Waals surface area contributed by atoms with Crippen LogP contribution in [0.3, 0.4) is 0 Å². The normalized spacial score (nSPS) is 26.9. The summed E-state index contributed by atoms with van der Waals surface area (Å²) < 4.78 is 19.1. The maximum atomic E-state index is 15.1. The molecule has 53 heavy (non-hydrogen) atoms. The van der Waals surface area contributed by atoms with E-state index in [1.165, 1.54) is 6.92 Å². The van der Waals surface area contributed by atoms with Gasteiger partial charge in [0.25, 0.3) is 0 Å². The highest BCUT2D eigenvalue weighted by Crippen LogP contribution is 2.53. The Kier molecular flexibility index (Phi) is 13.0. The molecule has 0 radical (unpaired) electrons. The molecule has 1 amide bonds. The third-order valence-electron chi connectivity index (χ3n) is 13.7. The van der Waals surface area contributed by atoms with Crippen molar-refractivity contribution in [3.63, 3.8) is 0 Å². The first-order valence-corrected chi connectivity index (χ1v) is 20.7. The standard InChI is InChI=1S/C42H64N2O9/c1-28(46)12-13-30(9-7-23-45)35(52-29(2)47)25-36(40(19-21-43-22-20-40)26-31-14-15-34(48)37-33(31)11-8-24-51-37)53-39(50)42-18-4-3-10-32(42)27-41(38(49)44-42)16-5-6-17-41/h14-15,28,30,32,35-36,43,45-46,48H,3-13,16-27H2,1-2H3,(H,44,49). The number of nitrogens with one attached hydrogen (secondary N) is 2. The molecule has 296 valence electrons. The highest BCUT2D eigenvalue weighted by Gasteiger charge is 2.60. The van der Waals surface area contributed by atoms with Crippen LogP contribution >= 0.6 is 0 Å². The van der Waals surface area contributed by atoms with E-state index in [-0.39, 0.29) is 42.5 Å². The van der Waals surface area contributed by atoms with Gasteiger partial charge >= 0.3 is 11.9 Å². The number of benzene rings is 1. The lowest BCUT2D eigenvalue weighted by molar-refractivity contribution is -0.182. The van der Waals surface area contributed by atoms with Crippen molar-refractivity contribution in [2.24, 2.45) is 22.7 Å². The van der Waals surface area contributed by atoms with Crippen LogP contribution in [-0.2, 0) is 36.7 Å². The highest BCUT2D eigenvalue weighted by atomic mass is 16.6. The smallest absolute Gasteiger partial charge is 0.332 e. The summed E-state index contributed by atoms with van der Waals surface area (Å²) in [5, 5.41) is 37.7. The summed E-state index contributed by atoms with van der Waals surface area (Å²) in [6.45, 7) is 5.11. The van der Waals surface area contributed by atoms with Gasteiger partial charge in [-0.3, -0.25) is 9.59 Å². The second-order valence-corrected chi connectivity index (χ2v) is 17.2. The Morgan fingerprint density at radius 1 is 1.00 bits per heavy atom. The molecule has 4 fully saturated rings. The van der Waals surface area contributed by atoms with Crippen molar-refractivity contribution >= 4 is 17.8 Å². The van der Waals surface area contributed by atoms with E-state index in [1.807, 2.05) is 6.07 Å². The number of piperidine rings is 2. The average molecular weight is 741 g/mol. The summed E-state index contributed by atoms with van der Waals surface area (Å²) in [5.74, 6) is -0.329. The number of rotatable bonds is 15. The summed E-state index contributed by atoms with van der Waals surface area (Å²) in [7, 11) is 0. The molecule has 1 spiro atoms. The van der Waals surface area contributed by atoms with Crippen LogP contribution in [0.4, 0.5) is 0 Å². The SMILES string of the molecule is CC(=O)OC(CC(OC(=O)C12CCCCC1CC1(CCCC1)C(=O)N2)C1(Cc2ccc(O)c3c2CCCO3)CCNCC1)C(CCCO)CCC(C)O. The van der Waals surface area contributed by atoms with Gasteiger partial charge in [-0.05, 0) is 133 Å². The molecule has 11 nitrogen and oxygen atoms in total. The molecule has 0 aromatic heterocycles. The summed E-state index contributed by atoms with van der Waals surface area (Å²) in [6.07, 6.45) is 12.0.